The molecule has 0 spiro atoms. The summed E-state index contributed by atoms with van der Waals surface area (Å²) >= 11 is 0. The molecule has 3 nitrogen and oxygen atoms in total. The SMILES string of the molecule is CC(Nc1ccc(OC(F)F)c(F)c1)c1ccc(F)cn1. The number of rotatable bonds is 5. The molecule has 0 bridgehead atoms. The van der Waals surface area contributed by atoms with E-state index in [9.17, 15) is 17.6 Å². The van der Waals surface area contributed by atoms with Crippen LogP contribution in [0.25, 0.3) is 0 Å². The van der Waals surface area contributed by atoms with Crippen LogP contribution in [0.3, 0.4) is 0 Å². The highest BCUT2D eigenvalue weighted by Gasteiger charge is 2.12. The lowest BCUT2D eigenvalue weighted by molar-refractivity contribution is -0.0521. The minimum absolute atomic E-state index is 0.313. The van der Waals surface area contributed by atoms with Crippen LogP contribution >= 0.6 is 0 Å². The molecule has 0 aliphatic carbocycles. The largest absolute Gasteiger partial charge is 0.432 e. The van der Waals surface area contributed by atoms with Gasteiger partial charge in [0.2, 0.25) is 0 Å². The van der Waals surface area contributed by atoms with Crippen molar-refractivity contribution in [3.8, 4) is 5.75 Å². The molecule has 21 heavy (non-hydrogen) atoms. The van der Waals surface area contributed by atoms with Crippen molar-refractivity contribution in [2.45, 2.75) is 19.6 Å². The smallest absolute Gasteiger partial charge is 0.387 e. The Labute approximate surface area is 118 Å². The van der Waals surface area contributed by atoms with Crippen LogP contribution in [0.4, 0.5) is 23.2 Å². The highest BCUT2D eigenvalue weighted by Crippen LogP contribution is 2.25. The summed E-state index contributed by atoms with van der Waals surface area (Å²) in [6, 6.07) is 6.00. The van der Waals surface area contributed by atoms with Gasteiger partial charge in [0, 0.05) is 11.8 Å². The van der Waals surface area contributed by atoms with Crippen molar-refractivity contribution in [1.29, 1.82) is 0 Å². The first-order valence-electron chi connectivity index (χ1n) is 6.08. The number of halogens is 4. The van der Waals surface area contributed by atoms with E-state index in [2.05, 4.69) is 15.0 Å². The zero-order valence-electron chi connectivity index (χ0n) is 11.0. The number of hydrogen-bond donors (Lipinski definition) is 1. The van der Waals surface area contributed by atoms with Crippen molar-refractivity contribution in [3.05, 3.63) is 53.9 Å². The molecule has 2 rings (SSSR count). The van der Waals surface area contributed by atoms with Gasteiger partial charge in [0.15, 0.2) is 11.6 Å². The number of nitrogens with one attached hydrogen (secondary N) is 1. The third kappa shape index (κ3) is 4.08. The Morgan fingerprint density at radius 2 is 1.90 bits per heavy atom. The van der Waals surface area contributed by atoms with Crippen molar-refractivity contribution in [2.75, 3.05) is 5.32 Å². The number of anilines is 1. The highest BCUT2D eigenvalue weighted by molar-refractivity contribution is 5.48. The lowest BCUT2D eigenvalue weighted by atomic mass is 10.2. The molecule has 0 aliphatic rings. The summed E-state index contributed by atoms with van der Waals surface area (Å²) in [5.74, 6) is -1.88. The van der Waals surface area contributed by atoms with Crippen molar-refractivity contribution < 1.29 is 22.3 Å². The first-order valence-corrected chi connectivity index (χ1v) is 6.08. The van der Waals surface area contributed by atoms with Gasteiger partial charge in [0.05, 0.1) is 17.9 Å². The molecule has 0 fully saturated rings. The van der Waals surface area contributed by atoms with E-state index in [1.165, 1.54) is 18.2 Å². The van der Waals surface area contributed by atoms with Crippen molar-refractivity contribution in [2.24, 2.45) is 0 Å². The number of alkyl halides is 2. The Morgan fingerprint density at radius 3 is 2.48 bits per heavy atom. The second-order valence-electron chi connectivity index (χ2n) is 4.29. The van der Waals surface area contributed by atoms with E-state index in [0.717, 1.165) is 18.3 Å². The molecule has 2 aromatic rings. The quantitative estimate of drug-likeness (QED) is 0.843. The first-order chi connectivity index (χ1) is 9.95. The van der Waals surface area contributed by atoms with Crippen LogP contribution < -0.4 is 10.1 Å². The predicted octanol–water partition coefficient (Wildman–Crippen LogP) is 4.13. The molecule has 1 aromatic heterocycles. The van der Waals surface area contributed by atoms with E-state index in [4.69, 9.17) is 0 Å². The molecule has 0 aliphatic heterocycles. The third-order valence-electron chi connectivity index (χ3n) is 2.73. The molecule has 1 atom stereocenters. The molecule has 7 heteroatoms. The Balaban J connectivity index is 2.09. The fraction of sp³-hybridized carbons (Fsp3) is 0.214. The number of ether oxygens (including phenoxy) is 1. The van der Waals surface area contributed by atoms with Gasteiger partial charge >= 0.3 is 6.61 Å². The predicted molar refractivity (Wildman–Crippen MR) is 69.3 cm³/mol. The number of aromatic nitrogens is 1. The van der Waals surface area contributed by atoms with Crippen LogP contribution in [0.1, 0.15) is 18.7 Å². The number of hydrogen-bond acceptors (Lipinski definition) is 3. The second-order valence-corrected chi connectivity index (χ2v) is 4.29. The zero-order chi connectivity index (χ0) is 15.4. The maximum atomic E-state index is 13.6. The highest BCUT2D eigenvalue weighted by atomic mass is 19.3. The first kappa shape index (κ1) is 15.1. The Morgan fingerprint density at radius 1 is 1.14 bits per heavy atom. The molecule has 112 valence electrons. The van der Waals surface area contributed by atoms with Gasteiger partial charge < -0.3 is 10.1 Å². The van der Waals surface area contributed by atoms with Crippen molar-refractivity contribution >= 4 is 5.69 Å². The number of nitrogens with zero attached hydrogens (tertiary/aromatic N) is 1. The second kappa shape index (κ2) is 6.43. The summed E-state index contributed by atoms with van der Waals surface area (Å²) in [6.07, 6.45) is 1.08. The normalized spacial score (nSPS) is 12.3. The minimum Gasteiger partial charge on any atom is -0.432 e. The van der Waals surface area contributed by atoms with Gasteiger partial charge in [-0.2, -0.15) is 8.78 Å². The van der Waals surface area contributed by atoms with E-state index in [-0.39, 0.29) is 6.04 Å². The fourth-order valence-electron chi connectivity index (χ4n) is 1.75. The Bertz CT molecular complexity index is 604. The van der Waals surface area contributed by atoms with Crippen LogP contribution in [0.15, 0.2) is 36.5 Å². The molecule has 1 heterocycles. The van der Waals surface area contributed by atoms with Gasteiger partial charge in [-0.25, -0.2) is 8.78 Å². The zero-order valence-corrected chi connectivity index (χ0v) is 11.0. The topological polar surface area (TPSA) is 34.1 Å². The molecule has 0 saturated heterocycles. The van der Waals surface area contributed by atoms with Crippen LogP contribution in [0, 0.1) is 11.6 Å². The molecule has 0 amide bonds. The monoisotopic (exact) mass is 300 g/mol. The fourth-order valence-corrected chi connectivity index (χ4v) is 1.75. The molecule has 1 N–H and O–H groups in total. The van der Waals surface area contributed by atoms with Gasteiger partial charge in [-0.05, 0) is 31.2 Å². The van der Waals surface area contributed by atoms with Crippen LogP contribution in [0.2, 0.25) is 0 Å². The van der Waals surface area contributed by atoms with E-state index < -0.39 is 24.0 Å². The standard InChI is InChI=1S/C14H12F4N2O/c1-8(12-4-2-9(15)7-19-12)20-10-3-5-13(11(16)6-10)21-14(17)18/h2-8,14,20H,1H3. The number of pyridine rings is 1. The van der Waals surface area contributed by atoms with E-state index in [1.54, 1.807) is 6.92 Å². The lowest BCUT2D eigenvalue weighted by Gasteiger charge is -2.15. The van der Waals surface area contributed by atoms with Gasteiger partial charge in [-0.1, -0.05) is 0 Å². The Kier molecular flexibility index (Phi) is 4.62. The van der Waals surface area contributed by atoms with E-state index in [1.807, 2.05) is 0 Å². The van der Waals surface area contributed by atoms with Crippen molar-refractivity contribution in [3.63, 3.8) is 0 Å². The van der Waals surface area contributed by atoms with Gasteiger partial charge in [-0.15, -0.1) is 0 Å². The van der Waals surface area contributed by atoms with E-state index >= 15 is 0 Å². The van der Waals surface area contributed by atoms with Crippen LogP contribution in [-0.2, 0) is 0 Å². The summed E-state index contributed by atoms with van der Waals surface area (Å²) in [5, 5.41) is 2.93. The minimum atomic E-state index is -3.08. The summed E-state index contributed by atoms with van der Waals surface area (Å²) < 4.78 is 54.4. The summed E-state index contributed by atoms with van der Waals surface area (Å²) in [4.78, 5) is 3.90. The van der Waals surface area contributed by atoms with Crippen molar-refractivity contribution in [1.82, 2.24) is 4.98 Å². The molecule has 0 radical (unpaired) electrons. The van der Waals surface area contributed by atoms with Crippen LogP contribution in [0.5, 0.6) is 5.75 Å². The summed E-state index contributed by atoms with van der Waals surface area (Å²) in [5.41, 5.74) is 0.928. The summed E-state index contributed by atoms with van der Waals surface area (Å²) in [6.45, 7) is -1.33. The molecular formula is C14H12F4N2O. The maximum absolute atomic E-state index is 13.6. The average molecular weight is 300 g/mol. The van der Waals surface area contributed by atoms with Crippen LogP contribution in [-0.4, -0.2) is 11.6 Å². The number of benzene rings is 1. The third-order valence-corrected chi connectivity index (χ3v) is 2.73. The Hall–Kier alpha value is -2.31. The summed E-state index contributed by atoms with van der Waals surface area (Å²) in [7, 11) is 0. The molecular weight excluding hydrogens is 288 g/mol. The van der Waals surface area contributed by atoms with Gasteiger partial charge in [0.25, 0.3) is 0 Å². The lowest BCUT2D eigenvalue weighted by Crippen LogP contribution is -2.09. The van der Waals surface area contributed by atoms with E-state index in [0.29, 0.717) is 11.4 Å². The van der Waals surface area contributed by atoms with Gasteiger partial charge in [-0.3, -0.25) is 4.98 Å². The molecule has 1 aromatic carbocycles. The van der Waals surface area contributed by atoms with Gasteiger partial charge in [0.1, 0.15) is 5.82 Å². The molecule has 0 saturated carbocycles. The maximum Gasteiger partial charge on any atom is 0.387 e. The average Bonchev–Trinajstić information content (AvgIpc) is 2.42. The molecule has 1 unspecified atom stereocenters.